The first-order chi connectivity index (χ1) is 14.0. The highest BCUT2D eigenvalue weighted by atomic mass is 32.1. The molecule has 1 aromatic carbocycles. The van der Waals surface area contributed by atoms with Gasteiger partial charge in [-0.05, 0) is 41.5 Å². The van der Waals surface area contributed by atoms with Gasteiger partial charge in [0.15, 0.2) is 17.3 Å². The molecule has 0 bridgehead atoms. The number of alkyl halides is 2. The molecule has 29 heavy (non-hydrogen) atoms. The number of nitrogens with one attached hydrogen (secondary N) is 1. The summed E-state index contributed by atoms with van der Waals surface area (Å²) in [5.41, 5.74) is 1.86. The number of pyridine rings is 1. The van der Waals surface area contributed by atoms with Crippen LogP contribution in [0.25, 0.3) is 21.1 Å². The maximum absolute atomic E-state index is 13.3. The summed E-state index contributed by atoms with van der Waals surface area (Å²) >= 11 is 1.42. The Morgan fingerprint density at radius 1 is 1.07 bits per heavy atom. The second-order valence-electron chi connectivity index (χ2n) is 6.24. The Hall–Kier alpha value is -3.37. The fraction of sp³-hybridized carbons (Fsp3) is 0.105. The second-order valence-corrected chi connectivity index (χ2v) is 7.30. The van der Waals surface area contributed by atoms with Crippen LogP contribution < -0.4 is 9.47 Å². The third kappa shape index (κ3) is 3.22. The van der Waals surface area contributed by atoms with E-state index in [4.69, 9.17) is 0 Å². The first-order valence-corrected chi connectivity index (χ1v) is 9.30. The molecule has 4 aromatic rings. The summed E-state index contributed by atoms with van der Waals surface area (Å²) in [6.45, 7) is 0. The molecule has 1 aliphatic heterocycles. The van der Waals surface area contributed by atoms with Crippen molar-refractivity contribution in [3.05, 3.63) is 66.2 Å². The van der Waals surface area contributed by atoms with Crippen molar-refractivity contribution in [1.82, 2.24) is 20.2 Å². The van der Waals surface area contributed by atoms with E-state index in [1.165, 1.54) is 35.9 Å². The Labute approximate surface area is 166 Å². The van der Waals surface area contributed by atoms with Crippen LogP contribution in [0.5, 0.6) is 11.5 Å². The first-order valence-electron chi connectivity index (χ1n) is 8.48. The minimum absolute atomic E-state index is 0.0794. The Bertz CT molecular complexity index is 1170. The number of hydrogen-bond donors (Lipinski definition) is 2. The lowest BCUT2D eigenvalue weighted by Gasteiger charge is -2.12. The van der Waals surface area contributed by atoms with Gasteiger partial charge < -0.3 is 19.6 Å². The molecular formula is C19H12F2N4O3S. The SMILES string of the molecule is OC(c1ccc2c(c1)OC(F)(F)O2)c1cc(-c2ccncc2)sc1-c1nnc[nH]1. The van der Waals surface area contributed by atoms with Crippen LogP contribution >= 0.6 is 11.3 Å². The summed E-state index contributed by atoms with van der Waals surface area (Å²) in [4.78, 5) is 8.53. The van der Waals surface area contributed by atoms with Crippen LogP contribution in [0.3, 0.4) is 0 Å². The predicted octanol–water partition coefficient (Wildman–Crippen LogP) is 4.00. The highest BCUT2D eigenvalue weighted by Gasteiger charge is 2.43. The molecule has 1 aliphatic rings. The molecule has 146 valence electrons. The van der Waals surface area contributed by atoms with Crippen molar-refractivity contribution < 1.29 is 23.4 Å². The van der Waals surface area contributed by atoms with Crippen molar-refractivity contribution in [2.24, 2.45) is 0 Å². The summed E-state index contributed by atoms with van der Waals surface area (Å²) in [5, 5.41) is 18.9. The van der Waals surface area contributed by atoms with E-state index in [2.05, 4.69) is 29.6 Å². The predicted molar refractivity (Wildman–Crippen MR) is 99.6 cm³/mol. The quantitative estimate of drug-likeness (QED) is 0.524. The molecule has 0 aliphatic carbocycles. The molecule has 0 saturated heterocycles. The van der Waals surface area contributed by atoms with Gasteiger partial charge in [0, 0.05) is 22.8 Å². The molecule has 5 rings (SSSR count). The van der Waals surface area contributed by atoms with Gasteiger partial charge in [-0.25, -0.2) is 0 Å². The minimum Gasteiger partial charge on any atom is -0.395 e. The molecule has 7 nitrogen and oxygen atoms in total. The second kappa shape index (κ2) is 6.61. The average molecular weight is 414 g/mol. The monoisotopic (exact) mass is 414 g/mol. The fourth-order valence-electron chi connectivity index (χ4n) is 3.08. The highest BCUT2D eigenvalue weighted by Crippen LogP contribution is 2.45. The van der Waals surface area contributed by atoms with E-state index in [9.17, 15) is 13.9 Å². The van der Waals surface area contributed by atoms with Crippen LogP contribution in [0.1, 0.15) is 17.2 Å². The van der Waals surface area contributed by atoms with Gasteiger partial charge in [0.25, 0.3) is 0 Å². The molecule has 0 spiro atoms. The lowest BCUT2D eigenvalue weighted by Crippen LogP contribution is -2.25. The molecule has 0 fully saturated rings. The number of ether oxygens (including phenoxy) is 2. The zero-order chi connectivity index (χ0) is 20.0. The van der Waals surface area contributed by atoms with Gasteiger partial charge in [-0.15, -0.1) is 30.3 Å². The topological polar surface area (TPSA) is 93.2 Å². The molecule has 0 amide bonds. The van der Waals surface area contributed by atoms with Crippen LogP contribution in [0.4, 0.5) is 8.78 Å². The van der Waals surface area contributed by atoms with Crippen LogP contribution in [0, 0.1) is 0 Å². The van der Waals surface area contributed by atoms with E-state index in [1.807, 2.05) is 18.2 Å². The lowest BCUT2D eigenvalue weighted by molar-refractivity contribution is -0.286. The van der Waals surface area contributed by atoms with Crippen LogP contribution in [-0.4, -0.2) is 31.6 Å². The van der Waals surface area contributed by atoms with Crippen molar-refractivity contribution >= 4 is 11.3 Å². The lowest BCUT2D eigenvalue weighted by atomic mass is 10.0. The number of hydrogen-bond acceptors (Lipinski definition) is 7. The highest BCUT2D eigenvalue weighted by molar-refractivity contribution is 7.19. The summed E-state index contributed by atoms with van der Waals surface area (Å²) in [5.74, 6) is 0.290. The summed E-state index contributed by atoms with van der Waals surface area (Å²) in [7, 11) is 0. The molecule has 10 heteroatoms. The largest absolute Gasteiger partial charge is 0.586 e. The van der Waals surface area contributed by atoms with Crippen molar-refractivity contribution in [1.29, 1.82) is 0 Å². The Balaban J connectivity index is 1.58. The smallest absolute Gasteiger partial charge is 0.395 e. The summed E-state index contributed by atoms with van der Waals surface area (Å²) < 4.78 is 35.5. The molecule has 0 radical (unpaired) electrons. The third-order valence-electron chi connectivity index (χ3n) is 4.39. The Kier molecular flexibility index (Phi) is 4.03. The van der Waals surface area contributed by atoms with Gasteiger partial charge in [-0.3, -0.25) is 4.98 Å². The fourth-order valence-corrected chi connectivity index (χ4v) is 4.23. The number of fused-ring (bicyclic) bond motifs is 1. The van der Waals surface area contributed by atoms with Gasteiger partial charge in [0.05, 0.1) is 4.88 Å². The summed E-state index contributed by atoms with van der Waals surface area (Å²) in [6, 6.07) is 9.75. The average Bonchev–Trinajstić information content (AvgIpc) is 3.44. The number of H-pyrrole nitrogens is 1. The van der Waals surface area contributed by atoms with Crippen molar-refractivity contribution in [3.8, 4) is 32.6 Å². The van der Waals surface area contributed by atoms with Gasteiger partial charge in [0.2, 0.25) is 0 Å². The van der Waals surface area contributed by atoms with Crippen LogP contribution in [0.2, 0.25) is 0 Å². The van der Waals surface area contributed by atoms with E-state index < -0.39 is 12.4 Å². The van der Waals surface area contributed by atoms with Crippen LogP contribution in [0.15, 0.2) is 55.1 Å². The van der Waals surface area contributed by atoms with Gasteiger partial charge >= 0.3 is 6.29 Å². The molecule has 4 heterocycles. The number of aliphatic hydroxyl groups is 1. The number of aromatic amines is 1. The molecule has 3 aromatic heterocycles. The molecule has 2 N–H and O–H groups in total. The summed E-state index contributed by atoms with van der Waals surface area (Å²) in [6.07, 6.45) is -0.0207. The van der Waals surface area contributed by atoms with Crippen LogP contribution in [-0.2, 0) is 0 Å². The van der Waals surface area contributed by atoms with Crippen molar-refractivity contribution in [3.63, 3.8) is 0 Å². The van der Waals surface area contributed by atoms with E-state index in [1.54, 1.807) is 12.4 Å². The molecule has 0 saturated carbocycles. The Morgan fingerprint density at radius 3 is 2.62 bits per heavy atom. The minimum atomic E-state index is -3.71. The number of aromatic nitrogens is 4. The molecule has 1 unspecified atom stereocenters. The van der Waals surface area contributed by atoms with Gasteiger partial charge in [-0.1, -0.05) is 6.07 Å². The molecular weight excluding hydrogens is 402 g/mol. The maximum Gasteiger partial charge on any atom is 0.586 e. The van der Waals surface area contributed by atoms with Crippen molar-refractivity contribution in [2.75, 3.05) is 0 Å². The number of nitrogens with zero attached hydrogens (tertiary/aromatic N) is 3. The molecule has 1 atom stereocenters. The first kappa shape index (κ1) is 17.7. The van der Waals surface area contributed by atoms with Gasteiger partial charge in [0.1, 0.15) is 12.4 Å². The van der Waals surface area contributed by atoms with Crippen molar-refractivity contribution in [2.45, 2.75) is 12.4 Å². The zero-order valence-corrected chi connectivity index (χ0v) is 15.4. The normalized spacial score (nSPS) is 15.4. The zero-order valence-electron chi connectivity index (χ0n) is 14.5. The van der Waals surface area contributed by atoms with E-state index in [0.717, 1.165) is 10.4 Å². The standard InChI is InChI=1S/C19H12F2N4O3S/c20-19(21)27-13-2-1-11(7-14(13)28-19)16(26)12-8-15(10-3-5-22-6-4-10)29-17(12)18-23-9-24-25-18/h1-9,16,26H,(H,23,24,25). The maximum atomic E-state index is 13.3. The number of thiophene rings is 1. The number of benzene rings is 1. The Morgan fingerprint density at radius 2 is 1.86 bits per heavy atom. The van der Waals surface area contributed by atoms with E-state index in [0.29, 0.717) is 21.8 Å². The number of halogens is 2. The van der Waals surface area contributed by atoms with E-state index >= 15 is 0 Å². The third-order valence-corrected chi connectivity index (χ3v) is 5.60. The number of aliphatic hydroxyl groups excluding tert-OH is 1. The number of rotatable bonds is 4. The van der Waals surface area contributed by atoms with Gasteiger partial charge in [-0.2, -0.15) is 0 Å². The van der Waals surface area contributed by atoms with E-state index in [-0.39, 0.29) is 11.5 Å².